The average molecular weight is 933 g/mol. The van der Waals surface area contributed by atoms with E-state index in [0.717, 1.165) is 45.9 Å². The second-order valence-corrected chi connectivity index (χ2v) is 26.7. The van der Waals surface area contributed by atoms with Gasteiger partial charge in [0.15, 0.2) is 0 Å². The first-order chi connectivity index (χ1) is 33.1. The van der Waals surface area contributed by atoms with Crippen LogP contribution in [0.5, 0.6) is 0 Å². The maximum Gasteiger partial charge on any atom is 0.343 e. The molecule has 3 aliphatic rings. The van der Waals surface area contributed by atoms with Gasteiger partial charge in [0, 0.05) is 58.7 Å². The van der Waals surface area contributed by atoms with E-state index < -0.39 is 0 Å². The average Bonchev–Trinajstić information content (AvgIpc) is 4.06. The number of anilines is 2. The molecule has 2 aliphatic heterocycles. The third-order valence-electron chi connectivity index (χ3n) is 17.1. The van der Waals surface area contributed by atoms with Crippen LogP contribution in [0.3, 0.4) is 0 Å². The third kappa shape index (κ3) is 5.60. The Balaban J connectivity index is 1.21. The van der Waals surface area contributed by atoms with E-state index in [-0.39, 0.29) is 33.9 Å². The van der Waals surface area contributed by atoms with Crippen LogP contribution in [-0.4, -0.2) is 11.4 Å². The predicted molar refractivity (Wildman–Crippen MR) is 301 cm³/mol. The third-order valence-corrected chi connectivity index (χ3v) is 18.3. The lowest BCUT2D eigenvalue weighted by Crippen LogP contribution is -2.59. The molecular weight excluding hydrogens is 872 g/mol. The van der Waals surface area contributed by atoms with Crippen molar-refractivity contribution in [3.8, 4) is 16.8 Å². The Hall–Kier alpha value is -6.24. The summed E-state index contributed by atoms with van der Waals surface area (Å²) in [4.78, 5) is 2.71. The highest BCUT2D eigenvalue weighted by atomic mass is 32.1. The summed E-state index contributed by atoms with van der Waals surface area (Å²) >= 11 is 1.97. The lowest BCUT2D eigenvalue weighted by Gasteiger charge is -2.41. The van der Waals surface area contributed by atoms with Gasteiger partial charge in [-0.3, -0.25) is 0 Å². The summed E-state index contributed by atoms with van der Waals surface area (Å²) in [5, 5.41) is 8.42. The van der Waals surface area contributed by atoms with Crippen LogP contribution < -0.4 is 15.1 Å². The van der Waals surface area contributed by atoms with Crippen molar-refractivity contribution in [1.29, 1.82) is 0 Å². The van der Waals surface area contributed by atoms with E-state index in [2.05, 4.69) is 209 Å². The van der Waals surface area contributed by atoms with Gasteiger partial charge in [0.05, 0.1) is 22.1 Å². The molecule has 11 aromatic rings. The molecule has 0 atom stereocenters. The molecule has 0 N–H and O–H groups in total. The molecule has 70 heavy (non-hydrogen) atoms. The lowest BCUT2D eigenvalue weighted by atomic mass is 9.47. The van der Waals surface area contributed by atoms with Gasteiger partial charge in [0.2, 0.25) is 0 Å². The van der Waals surface area contributed by atoms with Gasteiger partial charge in [-0.2, -0.15) is 0 Å². The minimum absolute atomic E-state index is 0.00941. The fourth-order valence-electron chi connectivity index (χ4n) is 12.9. The molecule has 4 aromatic heterocycles. The number of thiophene rings is 1. The van der Waals surface area contributed by atoms with Crippen LogP contribution in [0.4, 0.5) is 11.4 Å². The van der Waals surface area contributed by atoms with Crippen molar-refractivity contribution in [2.45, 2.75) is 130 Å². The molecule has 0 radical (unpaired) electrons. The highest BCUT2D eigenvalue weighted by molar-refractivity contribution is 7.32. The van der Waals surface area contributed by atoms with Gasteiger partial charge in [-0.15, -0.1) is 11.3 Å². The fourth-order valence-corrected chi connectivity index (χ4v) is 14.2. The summed E-state index contributed by atoms with van der Waals surface area (Å²) in [7, 11) is 0. The number of furan rings is 2. The van der Waals surface area contributed by atoms with Crippen LogP contribution in [0.25, 0.3) is 92.6 Å². The van der Waals surface area contributed by atoms with Gasteiger partial charge in [-0.05, 0) is 145 Å². The van der Waals surface area contributed by atoms with E-state index in [1.165, 1.54) is 109 Å². The minimum Gasteiger partial charge on any atom is -0.456 e. The number of rotatable bonds is 1. The van der Waals surface area contributed by atoms with Crippen LogP contribution in [0, 0.1) is 0 Å². The Kier molecular flexibility index (Phi) is 8.15. The van der Waals surface area contributed by atoms with Crippen molar-refractivity contribution in [1.82, 2.24) is 4.57 Å². The van der Waals surface area contributed by atoms with Gasteiger partial charge >= 0.3 is 6.85 Å². The molecule has 4 nitrogen and oxygen atoms in total. The van der Waals surface area contributed by atoms with E-state index >= 15 is 0 Å². The monoisotopic (exact) mass is 932 g/mol. The molecular formula is C64H61BN2O2S. The van der Waals surface area contributed by atoms with Gasteiger partial charge in [-0.25, -0.2) is 0 Å². The number of hydrogen-bond donors (Lipinski definition) is 0. The summed E-state index contributed by atoms with van der Waals surface area (Å²) in [6.07, 6.45) is 2.31. The SMILES string of the molecule is CC(C)(C)c1ccc(N2B3c4sc5ccc(C(C)(C)C)cc5c4-n4c5ccc(C(C)(C)C)cc5c5c6oc7ccccc7c6c(c3c54)-c3cc4oc5cc6c(cc5c4cc32)C(C)(C)CCC6(C)C)cc1. The van der Waals surface area contributed by atoms with Crippen LogP contribution in [0.2, 0.25) is 0 Å². The molecule has 0 saturated carbocycles. The molecule has 0 unspecified atom stereocenters. The van der Waals surface area contributed by atoms with Gasteiger partial charge in [-0.1, -0.05) is 132 Å². The Morgan fingerprint density at radius 1 is 0.557 bits per heavy atom. The number of para-hydroxylation sites is 1. The van der Waals surface area contributed by atoms with Crippen molar-refractivity contribution < 1.29 is 8.83 Å². The Bertz CT molecular complexity index is 4130. The molecule has 0 spiro atoms. The number of aromatic nitrogens is 1. The molecule has 14 rings (SSSR count). The standard InChI is InChI=1S/C64H61BN2O2S/c1-60(2,3)34-18-22-37(23-19-34)67-47-31-40-39-30-44-45(64(12,13)27-26-63(44,10)11)33-50(39)68-49(40)32-42(47)52-53-38-16-14-15-17-48(38)69-58(53)54-41-28-35(61(4,5)6)20-24-46(41)66-56-43-29-36(62(7,8)9)21-25-51(43)70-59(56)65(67)55(52)57(54)66/h14-25,28-33H,26-27H2,1-13H3. The zero-order valence-electron chi connectivity index (χ0n) is 43.0. The summed E-state index contributed by atoms with van der Waals surface area (Å²) in [5.74, 6) is 0. The highest BCUT2D eigenvalue weighted by Crippen LogP contribution is 2.55. The minimum atomic E-state index is -0.143. The second-order valence-electron chi connectivity index (χ2n) is 25.6. The maximum absolute atomic E-state index is 7.31. The molecule has 0 bridgehead atoms. The highest BCUT2D eigenvalue weighted by Gasteiger charge is 2.48. The summed E-state index contributed by atoms with van der Waals surface area (Å²) in [6.45, 7) is 30.5. The number of nitrogens with zero attached hydrogens (tertiary/aromatic N) is 2. The van der Waals surface area contributed by atoms with Crippen molar-refractivity contribution >= 4 is 116 Å². The van der Waals surface area contributed by atoms with Crippen LogP contribution in [0.15, 0.2) is 118 Å². The lowest BCUT2D eigenvalue weighted by molar-refractivity contribution is 0.332. The number of fused-ring (bicyclic) bond motifs is 19. The summed E-state index contributed by atoms with van der Waals surface area (Å²) in [6, 6.07) is 42.5. The van der Waals surface area contributed by atoms with Crippen LogP contribution >= 0.6 is 11.3 Å². The van der Waals surface area contributed by atoms with E-state index in [4.69, 9.17) is 8.83 Å². The van der Waals surface area contributed by atoms with E-state index in [9.17, 15) is 0 Å². The fraction of sp³-hybridized carbons (Fsp3) is 0.312. The molecule has 348 valence electrons. The van der Waals surface area contributed by atoms with Crippen molar-refractivity contribution in [3.63, 3.8) is 0 Å². The number of benzene rings is 7. The molecule has 0 amide bonds. The molecule has 0 fully saturated rings. The topological polar surface area (TPSA) is 34.5 Å². The molecule has 0 saturated heterocycles. The van der Waals surface area contributed by atoms with E-state index in [0.29, 0.717) is 0 Å². The Morgan fingerprint density at radius 3 is 1.87 bits per heavy atom. The Morgan fingerprint density at radius 2 is 1.17 bits per heavy atom. The van der Waals surface area contributed by atoms with Crippen molar-refractivity contribution in [2.24, 2.45) is 0 Å². The van der Waals surface area contributed by atoms with Crippen LogP contribution in [0.1, 0.15) is 131 Å². The summed E-state index contributed by atoms with van der Waals surface area (Å²) < 4.78 is 19.8. The first-order valence-electron chi connectivity index (χ1n) is 25.6. The zero-order chi connectivity index (χ0) is 48.5. The summed E-state index contributed by atoms with van der Waals surface area (Å²) in [5.41, 5.74) is 20.5. The van der Waals surface area contributed by atoms with Gasteiger partial charge < -0.3 is 18.2 Å². The Labute approximate surface area is 415 Å². The van der Waals surface area contributed by atoms with Crippen molar-refractivity contribution in [3.05, 3.63) is 137 Å². The first kappa shape index (κ1) is 42.6. The normalized spacial score (nSPS) is 16.4. The molecule has 6 heterocycles. The smallest absolute Gasteiger partial charge is 0.343 e. The predicted octanol–water partition coefficient (Wildman–Crippen LogP) is 17.3. The van der Waals surface area contributed by atoms with E-state index in [1.54, 1.807) is 0 Å². The molecule has 1 aliphatic carbocycles. The van der Waals surface area contributed by atoms with Gasteiger partial charge in [0.25, 0.3) is 0 Å². The van der Waals surface area contributed by atoms with Gasteiger partial charge in [0.1, 0.15) is 22.3 Å². The van der Waals surface area contributed by atoms with Crippen LogP contribution in [-0.2, 0) is 27.1 Å². The molecule has 6 heteroatoms. The van der Waals surface area contributed by atoms with E-state index in [1.807, 2.05) is 11.3 Å². The quantitative estimate of drug-likeness (QED) is 0.154. The van der Waals surface area contributed by atoms with Crippen molar-refractivity contribution in [2.75, 3.05) is 4.81 Å². The maximum atomic E-state index is 7.31. The number of hydrogen-bond acceptors (Lipinski definition) is 4. The first-order valence-corrected chi connectivity index (χ1v) is 26.4. The zero-order valence-corrected chi connectivity index (χ0v) is 43.8. The second kappa shape index (κ2) is 13.4. The molecule has 7 aromatic carbocycles. The largest absolute Gasteiger partial charge is 0.456 e.